The van der Waals surface area contributed by atoms with Gasteiger partial charge >= 0.3 is 0 Å². The number of carbonyl (C=O) groups excluding carboxylic acids is 2. The molecule has 0 spiro atoms. The molecular formula is C22H24N4O5. The highest BCUT2D eigenvalue weighted by Crippen LogP contribution is 2.35. The number of nitro groups is 1. The van der Waals surface area contributed by atoms with Gasteiger partial charge in [0, 0.05) is 45.1 Å². The number of hydrogen-bond donors (Lipinski definition) is 0. The van der Waals surface area contributed by atoms with Gasteiger partial charge in [-0.1, -0.05) is 12.1 Å². The number of carbonyl (C=O) groups is 2. The Labute approximate surface area is 179 Å². The van der Waals surface area contributed by atoms with Gasteiger partial charge in [0.15, 0.2) is 0 Å². The number of imide groups is 1. The quantitative estimate of drug-likeness (QED) is 0.414. The van der Waals surface area contributed by atoms with E-state index in [1.165, 1.54) is 6.07 Å². The SMILES string of the molecule is COc1ccccc1N1CCN(c2ccc(N3C(=O)CCCC3=O)cc2[N+](=O)[O-])CC1. The average molecular weight is 424 g/mol. The van der Waals surface area contributed by atoms with Crippen molar-refractivity contribution in [2.75, 3.05) is 48.0 Å². The number of amides is 2. The van der Waals surface area contributed by atoms with Gasteiger partial charge in [0.2, 0.25) is 11.8 Å². The van der Waals surface area contributed by atoms with E-state index in [0.29, 0.717) is 38.3 Å². The van der Waals surface area contributed by atoms with Gasteiger partial charge < -0.3 is 14.5 Å². The number of anilines is 3. The molecule has 0 aliphatic carbocycles. The lowest BCUT2D eigenvalue weighted by Gasteiger charge is -2.37. The number of benzene rings is 2. The maximum Gasteiger partial charge on any atom is 0.294 e. The van der Waals surface area contributed by atoms with Crippen LogP contribution in [0.15, 0.2) is 42.5 Å². The topological polar surface area (TPSA) is 96.2 Å². The zero-order chi connectivity index (χ0) is 22.0. The first-order valence-electron chi connectivity index (χ1n) is 10.3. The van der Waals surface area contributed by atoms with Crippen molar-refractivity contribution < 1.29 is 19.2 Å². The molecule has 0 N–H and O–H groups in total. The van der Waals surface area contributed by atoms with Gasteiger partial charge in [-0.15, -0.1) is 0 Å². The second-order valence-corrected chi connectivity index (χ2v) is 7.55. The lowest BCUT2D eigenvalue weighted by atomic mass is 10.1. The minimum Gasteiger partial charge on any atom is -0.495 e. The number of ether oxygens (including phenoxy) is 1. The van der Waals surface area contributed by atoms with E-state index in [0.717, 1.165) is 16.3 Å². The zero-order valence-corrected chi connectivity index (χ0v) is 17.3. The predicted molar refractivity (Wildman–Crippen MR) is 117 cm³/mol. The maximum absolute atomic E-state index is 12.2. The zero-order valence-electron chi connectivity index (χ0n) is 17.3. The number of piperidine rings is 1. The third-order valence-electron chi connectivity index (χ3n) is 5.74. The van der Waals surface area contributed by atoms with Gasteiger partial charge in [-0.25, -0.2) is 0 Å². The molecule has 0 radical (unpaired) electrons. The highest BCUT2D eigenvalue weighted by atomic mass is 16.6. The van der Waals surface area contributed by atoms with Crippen LogP contribution in [0, 0.1) is 10.1 Å². The first-order chi connectivity index (χ1) is 15.0. The third kappa shape index (κ3) is 4.03. The molecule has 0 aromatic heterocycles. The van der Waals surface area contributed by atoms with Gasteiger partial charge in [-0.2, -0.15) is 0 Å². The average Bonchev–Trinajstić information content (AvgIpc) is 2.79. The molecule has 9 nitrogen and oxygen atoms in total. The van der Waals surface area contributed by atoms with Crippen LogP contribution in [0.5, 0.6) is 5.75 Å². The lowest BCUT2D eigenvalue weighted by Crippen LogP contribution is -2.46. The van der Waals surface area contributed by atoms with Crippen LogP contribution >= 0.6 is 0 Å². The molecule has 0 saturated carbocycles. The summed E-state index contributed by atoms with van der Waals surface area (Å²) in [7, 11) is 1.64. The molecule has 2 aromatic carbocycles. The van der Waals surface area contributed by atoms with E-state index in [1.54, 1.807) is 19.2 Å². The van der Waals surface area contributed by atoms with Crippen LogP contribution in [0.1, 0.15) is 19.3 Å². The van der Waals surface area contributed by atoms with Crippen molar-refractivity contribution >= 4 is 34.6 Å². The molecule has 2 aliphatic rings. The number of para-hydroxylation sites is 2. The van der Waals surface area contributed by atoms with Gasteiger partial charge in [-0.3, -0.25) is 24.6 Å². The van der Waals surface area contributed by atoms with Crippen molar-refractivity contribution in [3.8, 4) is 5.75 Å². The summed E-state index contributed by atoms with van der Waals surface area (Å²) in [4.78, 5) is 41.0. The van der Waals surface area contributed by atoms with E-state index in [9.17, 15) is 19.7 Å². The standard InChI is InChI=1S/C22H24N4O5/c1-31-20-6-3-2-5-18(20)24-13-11-23(12-14-24)17-10-9-16(15-19(17)26(29)30)25-21(27)7-4-8-22(25)28/h2-3,5-6,9-10,15H,4,7-8,11-14H2,1H3. The van der Waals surface area contributed by atoms with Crippen LogP contribution in [0.3, 0.4) is 0 Å². The Balaban J connectivity index is 1.55. The van der Waals surface area contributed by atoms with Gasteiger partial charge in [0.25, 0.3) is 5.69 Å². The fourth-order valence-corrected chi connectivity index (χ4v) is 4.19. The van der Waals surface area contributed by atoms with E-state index in [1.807, 2.05) is 29.2 Å². The Morgan fingerprint density at radius 3 is 2.13 bits per heavy atom. The van der Waals surface area contributed by atoms with E-state index < -0.39 is 4.92 Å². The Morgan fingerprint density at radius 2 is 1.52 bits per heavy atom. The molecular weight excluding hydrogens is 400 g/mol. The lowest BCUT2D eigenvalue weighted by molar-refractivity contribution is -0.384. The Bertz CT molecular complexity index is 1000. The fraction of sp³-hybridized carbons (Fsp3) is 0.364. The molecule has 2 fully saturated rings. The van der Waals surface area contributed by atoms with Crippen LogP contribution in [-0.4, -0.2) is 50.0 Å². The van der Waals surface area contributed by atoms with Crippen molar-refractivity contribution in [1.29, 1.82) is 0 Å². The summed E-state index contributed by atoms with van der Waals surface area (Å²) in [5.74, 6) is 0.162. The van der Waals surface area contributed by atoms with Crippen molar-refractivity contribution in [2.45, 2.75) is 19.3 Å². The Morgan fingerprint density at radius 1 is 0.903 bits per heavy atom. The highest BCUT2D eigenvalue weighted by molar-refractivity contribution is 6.16. The fourth-order valence-electron chi connectivity index (χ4n) is 4.19. The summed E-state index contributed by atoms with van der Waals surface area (Å²) in [6, 6.07) is 12.4. The van der Waals surface area contributed by atoms with E-state index in [2.05, 4.69) is 4.90 Å². The number of hydrogen-bond acceptors (Lipinski definition) is 7. The number of methoxy groups -OCH3 is 1. The minimum absolute atomic E-state index is 0.102. The molecule has 0 unspecified atom stereocenters. The predicted octanol–water partition coefficient (Wildman–Crippen LogP) is 2.97. The summed E-state index contributed by atoms with van der Waals surface area (Å²) in [5.41, 5.74) is 1.65. The van der Waals surface area contributed by atoms with E-state index in [-0.39, 0.29) is 36.0 Å². The number of rotatable bonds is 5. The molecule has 2 aliphatic heterocycles. The monoisotopic (exact) mass is 424 g/mol. The molecule has 2 aromatic rings. The van der Waals surface area contributed by atoms with Crippen LogP contribution < -0.4 is 19.4 Å². The second-order valence-electron chi connectivity index (χ2n) is 7.55. The highest BCUT2D eigenvalue weighted by Gasteiger charge is 2.31. The van der Waals surface area contributed by atoms with Gasteiger partial charge in [0.05, 0.1) is 23.4 Å². The number of piperazine rings is 1. The van der Waals surface area contributed by atoms with Crippen molar-refractivity contribution in [3.63, 3.8) is 0 Å². The second kappa shape index (κ2) is 8.63. The summed E-state index contributed by atoms with van der Waals surface area (Å²) in [5, 5.41) is 11.8. The largest absolute Gasteiger partial charge is 0.495 e. The third-order valence-corrected chi connectivity index (χ3v) is 5.74. The molecule has 2 heterocycles. The molecule has 0 atom stereocenters. The number of nitrogens with zero attached hydrogens (tertiary/aromatic N) is 4. The maximum atomic E-state index is 12.2. The molecule has 31 heavy (non-hydrogen) atoms. The van der Waals surface area contributed by atoms with Crippen LogP contribution in [-0.2, 0) is 9.59 Å². The summed E-state index contributed by atoms with van der Waals surface area (Å²) >= 11 is 0. The van der Waals surface area contributed by atoms with Crippen molar-refractivity contribution in [1.82, 2.24) is 0 Å². The van der Waals surface area contributed by atoms with Crippen LogP contribution in [0.4, 0.5) is 22.7 Å². The normalized spacial score (nSPS) is 17.1. The van der Waals surface area contributed by atoms with E-state index >= 15 is 0 Å². The van der Waals surface area contributed by atoms with Gasteiger partial charge in [-0.05, 0) is 30.7 Å². The minimum atomic E-state index is -0.454. The molecule has 2 amide bonds. The summed E-state index contributed by atoms with van der Waals surface area (Å²) < 4.78 is 5.44. The first kappa shape index (κ1) is 20.6. The van der Waals surface area contributed by atoms with Crippen LogP contribution in [0.25, 0.3) is 0 Å². The smallest absolute Gasteiger partial charge is 0.294 e. The molecule has 0 bridgehead atoms. The molecule has 4 rings (SSSR count). The Hall–Kier alpha value is -3.62. The summed E-state index contributed by atoms with van der Waals surface area (Å²) in [6.45, 7) is 2.56. The van der Waals surface area contributed by atoms with E-state index in [4.69, 9.17) is 4.74 Å². The molecule has 162 valence electrons. The summed E-state index contributed by atoms with van der Waals surface area (Å²) in [6.07, 6.45) is 1.06. The van der Waals surface area contributed by atoms with Crippen molar-refractivity contribution in [3.05, 3.63) is 52.6 Å². The Kier molecular flexibility index (Phi) is 5.75. The molecule has 9 heteroatoms. The van der Waals surface area contributed by atoms with Crippen molar-refractivity contribution in [2.24, 2.45) is 0 Å². The first-order valence-corrected chi connectivity index (χ1v) is 10.3. The number of nitro benzene ring substituents is 1. The van der Waals surface area contributed by atoms with Gasteiger partial charge in [0.1, 0.15) is 11.4 Å². The molecule has 2 saturated heterocycles. The van der Waals surface area contributed by atoms with Crippen LogP contribution in [0.2, 0.25) is 0 Å².